The second-order valence-electron chi connectivity index (χ2n) is 3.98. The average molecular weight is 306 g/mol. The number of halogens is 1. The van der Waals surface area contributed by atoms with Crippen LogP contribution in [0.25, 0.3) is 0 Å². The van der Waals surface area contributed by atoms with Gasteiger partial charge in [-0.2, -0.15) is 0 Å². The Morgan fingerprint density at radius 3 is 2.81 bits per heavy atom. The molecule has 0 radical (unpaired) electrons. The number of amides is 1. The molecule has 0 aliphatic carbocycles. The van der Waals surface area contributed by atoms with E-state index < -0.39 is 0 Å². The standard InChI is InChI=1S/C11H16BrNO2S/c1-3-11(2,4-5-14)13-10(15)8-6-9(12)16-7-8/h6-7,14H,3-5H2,1-2H3,(H,13,15). The van der Waals surface area contributed by atoms with E-state index in [1.54, 1.807) is 6.07 Å². The SMILES string of the molecule is CCC(C)(CCO)NC(=O)c1csc(Br)c1. The van der Waals surface area contributed by atoms with E-state index in [1.807, 2.05) is 19.2 Å². The van der Waals surface area contributed by atoms with Crippen molar-refractivity contribution in [2.45, 2.75) is 32.2 Å². The zero-order chi connectivity index (χ0) is 12.2. The summed E-state index contributed by atoms with van der Waals surface area (Å²) in [5.74, 6) is -0.0836. The molecule has 0 aliphatic heterocycles. The molecule has 0 saturated heterocycles. The molecule has 0 saturated carbocycles. The molecular weight excluding hydrogens is 290 g/mol. The molecule has 0 aliphatic rings. The maximum absolute atomic E-state index is 11.9. The van der Waals surface area contributed by atoms with Crippen LogP contribution in [0.1, 0.15) is 37.0 Å². The van der Waals surface area contributed by atoms with E-state index >= 15 is 0 Å². The Balaban J connectivity index is 2.69. The molecule has 1 rings (SSSR count). The second-order valence-corrected chi connectivity index (χ2v) is 6.27. The molecule has 1 aromatic rings. The summed E-state index contributed by atoms with van der Waals surface area (Å²) in [6.45, 7) is 4.03. The van der Waals surface area contributed by atoms with Gasteiger partial charge in [0, 0.05) is 17.5 Å². The van der Waals surface area contributed by atoms with Crippen LogP contribution in [0, 0.1) is 0 Å². The Labute approximate surface area is 108 Å². The van der Waals surface area contributed by atoms with E-state index in [2.05, 4.69) is 21.2 Å². The highest BCUT2D eigenvalue weighted by Crippen LogP contribution is 2.22. The Kier molecular flexibility index (Phi) is 4.95. The van der Waals surface area contributed by atoms with Crippen molar-refractivity contribution >= 4 is 33.2 Å². The van der Waals surface area contributed by atoms with Gasteiger partial charge in [-0.25, -0.2) is 0 Å². The smallest absolute Gasteiger partial charge is 0.252 e. The first kappa shape index (κ1) is 13.7. The Morgan fingerprint density at radius 2 is 2.38 bits per heavy atom. The normalized spacial score (nSPS) is 14.5. The minimum absolute atomic E-state index is 0.0813. The topological polar surface area (TPSA) is 49.3 Å². The maximum atomic E-state index is 11.9. The van der Waals surface area contributed by atoms with E-state index in [-0.39, 0.29) is 18.1 Å². The lowest BCUT2D eigenvalue weighted by molar-refractivity contribution is 0.0886. The molecule has 0 bridgehead atoms. The van der Waals surface area contributed by atoms with Crippen molar-refractivity contribution in [2.24, 2.45) is 0 Å². The minimum Gasteiger partial charge on any atom is -0.396 e. The van der Waals surface area contributed by atoms with Crippen molar-refractivity contribution in [3.05, 3.63) is 20.8 Å². The summed E-state index contributed by atoms with van der Waals surface area (Å²) < 4.78 is 0.943. The molecule has 90 valence electrons. The Morgan fingerprint density at radius 1 is 1.69 bits per heavy atom. The zero-order valence-corrected chi connectivity index (χ0v) is 11.8. The summed E-state index contributed by atoms with van der Waals surface area (Å²) >= 11 is 4.81. The van der Waals surface area contributed by atoms with Gasteiger partial charge in [-0.05, 0) is 41.8 Å². The molecule has 1 heterocycles. The number of nitrogens with one attached hydrogen (secondary N) is 1. The fourth-order valence-corrected chi connectivity index (χ4v) is 2.49. The predicted octanol–water partition coefficient (Wildman–Crippen LogP) is 2.79. The van der Waals surface area contributed by atoms with Crippen LogP contribution < -0.4 is 5.32 Å². The lowest BCUT2D eigenvalue weighted by Crippen LogP contribution is -2.46. The number of aliphatic hydroxyl groups excluding tert-OH is 1. The van der Waals surface area contributed by atoms with Crippen molar-refractivity contribution in [2.75, 3.05) is 6.61 Å². The largest absolute Gasteiger partial charge is 0.396 e. The molecule has 1 unspecified atom stereocenters. The van der Waals surface area contributed by atoms with Crippen LogP contribution in [0.15, 0.2) is 15.2 Å². The van der Waals surface area contributed by atoms with Gasteiger partial charge in [-0.3, -0.25) is 4.79 Å². The maximum Gasteiger partial charge on any atom is 0.252 e. The first-order chi connectivity index (χ1) is 7.50. The molecule has 3 nitrogen and oxygen atoms in total. The highest BCUT2D eigenvalue weighted by atomic mass is 79.9. The van der Waals surface area contributed by atoms with Crippen molar-refractivity contribution < 1.29 is 9.90 Å². The van der Waals surface area contributed by atoms with E-state index in [4.69, 9.17) is 5.11 Å². The summed E-state index contributed by atoms with van der Waals surface area (Å²) in [5, 5.41) is 13.7. The van der Waals surface area contributed by atoms with Gasteiger partial charge in [0.2, 0.25) is 0 Å². The second kappa shape index (κ2) is 5.80. The lowest BCUT2D eigenvalue weighted by Gasteiger charge is -2.28. The fraction of sp³-hybridized carbons (Fsp3) is 0.545. The molecule has 5 heteroatoms. The van der Waals surface area contributed by atoms with Gasteiger partial charge in [0.05, 0.1) is 9.35 Å². The molecule has 16 heavy (non-hydrogen) atoms. The minimum atomic E-state index is -0.333. The van der Waals surface area contributed by atoms with Crippen molar-refractivity contribution in [1.29, 1.82) is 0 Å². The fourth-order valence-electron chi connectivity index (χ4n) is 1.35. The average Bonchev–Trinajstić information content (AvgIpc) is 2.65. The molecule has 1 aromatic heterocycles. The van der Waals surface area contributed by atoms with Crippen LogP contribution in [-0.4, -0.2) is 23.2 Å². The Hall–Kier alpha value is -0.390. The highest BCUT2D eigenvalue weighted by molar-refractivity contribution is 9.11. The number of aliphatic hydroxyl groups is 1. The predicted molar refractivity (Wildman–Crippen MR) is 69.9 cm³/mol. The van der Waals surface area contributed by atoms with Crippen molar-refractivity contribution in [1.82, 2.24) is 5.32 Å². The van der Waals surface area contributed by atoms with Crippen LogP contribution in [0.2, 0.25) is 0 Å². The number of rotatable bonds is 5. The molecule has 0 fully saturated rings. The molecular formula is C11H16BrNO2S. The van der Waals surface area contributed by atoms with Gasteiger partial charge in [-0.15, -0.1) is 11.3 Å². The summed E-state index contributed by atoms with van der Waals surface area (Å²) in [6.07, 6.45) is 1.37. The van der Waals surface area contributed by atoms with Crippen LogP contribution in [0.3, 0.4) is 0 Å². The third-order valence-corrected chi connectivity index (χ3v) is 4.19. The molecule has 0 aromatic carbocycles. The van der Waals surface area contributed by atoms with Crippen LogP contribution >= 0.6 is 27.3 Å². The van der Waals surface area contributed by atoms with Crippen molar-refractivity contribution in [3.63, 3.8) is 0 Å². The van der Waals surface area contributed by atoms with Crippen LogP contribution in [0.4, 0.5) is 0 Å². The van der Waals surface area contributed by atoms with Gasteiger partial charge < -0.3 is 10.4 Å². The molecule has 2 N–H and O–H groups in total. The first-order valence-corrected chi connectivity index (χ1v) is 6.85. The number of carbonyl (C=O) groups excluding carboxylic acids is 1. The first-order valence-electron chi connectivity index (χ1n) is 5.18. The molecule has 0 spiro atoms. The molecule has 1 amide bonds. The van der Waals surface area contributed by atoms with Crippen molar-refractivity contribution in [3.8, 4) is 0 Å². The number of hydrogen-bond donors (Lipinski definition) is 2. The number of hydrogen-bond acceptors (Lipinski definition) is 3. The van der Waals surface area contributed by atoms with E-state index in [1.165, 1.54) is 11.3 Å². The molecule has 1 atom stereocenters. The van der Waals surface area contributed by atoms with E-state index in [0.29, 0.717) is 12.0 Å². The zero-order valence-electron chi connectivity index (χ0n) is 9.42. The third kappa shape index (κ3) is 3.57. The summed E-state index contributed by atoms with van der Waals surface area (Å²) in [6, 6.07) is 1.80. The van der Waals surface area contributed by atoms with Gasteiger partial charge in [0.25, 0.3) is 5.91 Å². The van der Waals surface area contributed by atoms with Gasteiger partial charge in [0.15, 0.2) is 0 Å². The summed E-state index contributed by atoms with van der Waals surface area (Å²) in [4.78, 5) is 11.9. The monoisotopic (exact) mass is 305 g/mol. The van der Waals surface area contributed by atoms with Gasteiger partial charge in [-0.1, -0.05) is 6.92 Å². The summed E-state index contributed by atoms with van der Waals surface area (Å²) in [5.41, 5.74) is 0.328. The lowest BCUT2D eigenvalue weighted by atomic mass is 9.94. The van der Waals surface area contributed by atoms with Gasteiger partial charge in [0.1, 0.15) is 0 Å². The third-order valence-electron chi connectivity index (χ3n) is 2.69. The Bertz CT molecular complexity index is 367. The highest BCUT2D eigenvalue weighted by Gasteiger charge is 2.24. The van der Waals surface area contributed by atoms with Gasteiger partial charge >= 0.3 is 0 Å². The van der Waals surface area contributed by atoms with Crippen LogP contribution in [-0.2, 0) is 0 Å². The quantitative estimate of drug-likeness (QED) is 0.879. The van der Waals surface area contributed by atoms with E-state index in [9.17, 15) is 4.79 Å². The van der Waals surface area contributed by atoms with Crippen LogP contribution in [0.5, 0.6) is 0 Å². The number of carbonyl (C=O) groups is 1. The summed E-state index contributed by atoms with van der Waals surface area (Å²) in [7, 11) is 0. The van der Waals surface area contributed by atoms with E-state index in [0.717, 1.165) is 10.2 Å². The number of thiophene rings is 1.